The number of halogens is 2. The van der Waals surface area contributed by atoms with Gasteiger partial charge in [0, 0.05) is 23.2 Å². The van der Waals surface area contributed by atoms with Gasteiger partial charge in [0.05, 0.1) is 11.3 Å². The van der Waals surface area contributed by atoms with Crippen molar-refractivity contribution in [2.75, 3.05) is 5.21 Å². The molecule has 32 heavy (non-hydrogen) atoms. The molecule has 4 aliphatic carbocycles. The first-order chi connectivity index (χ1) is 15.0. The summed E-state index contributed by atoms with van der Waals surface area (Å²) in [6, 6.07) is 0. The van der Waals surface area contributed by atoms with Gasteiger partial charge in [-0.25, -0.2) is 4.39 Å². The highest BCUT2D eigenvalue weighted by molar-refractivity contribution is 8.14. The number of ketones is 1. The van der Waals surface area contributed by atoms with Gasteiger partial charge in [0.2, 0.25) is 5.12 Å². The molecule has 5 nitrogen and oxygen atoms in total. The van der Waals surface area contributed by atoms with Crippen LogP contribution in [0.25, 0.3) is 0 Å². The Morgan fingerprint density at radius 1 is 1.38 bits per heavy atom. The molecular weight excluding hydrogens is 455 g/mol. The number of allylic oxidation sites excluding steroid dienone is 4. The molecular formula is C24H30ClFO5S. The lowest BCUT2D eigenvalue weighted by molar-refractivity contribution is -0.196. The summed E-state index contributed by atoms with van der Waals surface area (Å²) < 4.78 is 21.3. The Kier molecular flexibility index (Phi) is 6.17. The third-order valence-corrected chi connectivity index (χ3v) is 9.72. The number of aliphatic hydroxyl groups is 1. The van der Waals surface area contributed by atoms with Crippen LogP contribution in [0.3, 0.4) is 0 Å². The van der Waals surface area contributed by atoms with E-state index in [1.54, 1.807) is 13.0 Å². The topological polar surface area (TPSA) is 80.7 Å². The number of carbonyl (C=O) groups excluding carboxylic acids is 3. The van der Waals surface area contributed by atoms with Gasteiger partial charge >= 0.3 is 5.97 Å². The molecule has 4 aliphatic rings. The van der Waals surface area contributed by atoms with Crippen LogP contribution in [0.4, 0.5) is 4.39 Å². The van der Waals surface area contributed by atoms with E-state index in [0.29, 0.717) is 18.4 Å². The Hall–Kier alpha value is -1.18. The van der Waals surface area contributed by atoms with Crippen molar-refractivity contribution in [1.29, 1.82) is 0 Å². The minimum absolute atomic E-state index is 0.0389. The van der Waals surface area contributed by atoms with E-state index in [0.717, 1.165) is 11.8 Å². The summed E-state index contributed by atoms with van der Waals surface area (Å²) >= 11 is 6.77. The number of thioether (sulfide) groups is 1. The van der Waals surface area contributed by atoms with E-state index in [2.05, 4.69) is 0 Å². The second-order valence-corrected chi connectivity index (χ2v) is 11.6. The minimum Gasteiger partial charge on any atom is -0.449 e. The third kappa shape index (κ3) is 3.25. The molecule has 4 rings (SSSR count). The zero-order chi connectivity index (χ0) is 23.5. The van der Waals surface area contributed by atoms with Crippen molar-refractivity contribution in [3.8, 4) is 0 Å². The quantitative estimate of drug-likeness (QED) is 0.471. The monoisotopic (exact) mass is 484 g/mol. The minimum atomic E-state index is -1.39. The van der Waals surface area contributed by atoms with E-state index in [9.17, 15) is 19.5 Å². The molecule has 0 aliphatic heterocycles. The van der Waals surface area contributed by atoms with Crippen LogP contribution >= 0.6 is 23.4 Å². The smallest absolute Gasteiger partial charge is 0.306 e. The molecule has 3 saturated carbocycles. The lowest BCUT2D eigenvalue weighted by atomic mass is 9.46. The lowest BCUT2D eigenvalue weighted by Crippen LogP contribution is -2.63. The van der Waals surface area contributed by atoms with Crippen LogP contribution in [0.2, 0.25) is 0 Å². The van der Waals surface area contributed by atoms with Crippen LogP contribution in [0.1, 0.15) is 52.9 Å². The number of ether oxygens (including phenoxy) is 1. The molecule has 176 valence electrons. The van der Waals surface area contributed by atoms with Gasteiger partial charge in [0.25, 0.3) is 0 Å². The van der Waals surface area contributed by atoms with Gasteiger partial charge in [-0.1, -0.05) is 38.6 Å². The highest BCUT2D eigenvalue weighted by Gasteiger charge is 2.71. The average Bonchev–Trinajstić information content (AvgIpc) is 3.02. The summed E-state index contributed by atoms with van der Waals surface area (Å²) in [6.07, 6.45) is 3.94. The zero-order valence-electron chi connectivity index (χ0n) is 18.6. The summed E-state index contributed by atoms with van der Waals surface area (Å²) in [7, 11) is 0. The molecule has 0 amide bonds. The van der Waals surface area contributed by atoms with Gasteiger partial charge in [0.15, 0.2) is 11.4 Å². The summed E-state index contributed by atoms with van der Waals surface area (Å²) in [5.74, 6) is -1.30. The van der Waals surface area contributed by atoms with Gasteiger partial charge < -0.3 is 9.84 Å². The van der Waals surface area contributed by atoms with Crippen LogP contribution in [-0.4, -0.2) is 45.1 Å². The summed E-state index contributed by atoms with van der Waals surface area (Å²) in [4.78, 5) is 37.7. The lowest BCUT2D eigenvalue weighted by Gasteiger charge is -2.60. The van der Waals surface area contributed by atoms with Crippen LogP contribution in [0, 0.1) is 28.6 Å². The van der Waals surface area contributed by atoms with Crippen LogP contribution in [0.15, 0.2) is 23.8 Å². The Morgan fingerprint density at radius 3 is 2.75 bits per heavy atom. The van der Waals surface area contributed by atoms with Crippen LogP contribution < -0.4 is 0 Å². The van der Waals surface area contributed by atoms with E-state index in [-0.39, 0.29) is 53.1 Å². The van der Waals surface area contributed by atoms with Gasteiger partial charge in [-0.15, -0.1) is 11.6 Å². The molecule has 3 fully saturated rings. The standard InChI is InChI=1S/C24H30ClFO5S/c1-4-19(29)31-24(21(30)32-12-25)8-6-15-14-10-17(26)16-9-13(27)5-7-22(16,2)20(14)18(28)11-23(15,24)3/h5,7,9,14-15,17-18,20,28H,4,6,8,10-12H2,1-3H3/t14-,15-,17-,18-,20+,22-,23-,24-/m0/s1. The average molecular weight is 485 g/mol. The maximum Gasteiger partial charge on any atom is 0.306 e. The number of rotatable bonds is 4. The molecule has 0 bridgehead atoms. The molecule has 0 unspecified atom stereocenters. The van der Waals surface area contributed by atoms with Gasteiger partial charge in [-0.3, -0.25) is 14.4 Å². The summed E-state index contributed by atoms with van der Waals surface area (Å²) in [6.45, 7) is 5.47. The molecule has 0 radical (unpaired) electrons. The van der Waals surface area contributed by atoms with Gasteiger partial charge in [-0.2, -0.15) is 0 Å². The fraction of sp³-hybridized carbons (Fsp3) is 0.708. The molecule has 0 heterocycles. The summed E-state index contributed by atoms with van der Waals surface area (Å²) in [5.41, 5.74) is -2.56. The fourth-order valence-electron chi connectivity index (χ4n) is 7.30. The fourth-order valence-corrected chi connectivity index (χ4v) is 8.31. The number of hydrogen-bond acceptors (Lipinski definition) is 6. The maximum absolute atomic E-state index is 15.4. The molecule has 0 spiro atoms. The van der Waals surface area contributed by atoms with Crippen LogP contribution in [-0.2, 0) is 19.1 Å². The molecule has 0 aromatic heterocycles. The molecule has 8 heteroatoms. The SMILES string of the molecule is CCC(=O)O[C@]1(C(=O)SCCl)CC[C@H]2[C@@H]3C[C@H](F)C4=CC(=O)C=C[C@]4(C)[C@H]3[C@@H](O)C[C@@]21C. The van der Waals surface area contributed by atoms with Crippen molar-refractivity contribution in [3.05, 3.63) is 23.8 Å². The first-order valence-electron chi connectivity index (χ1n) is 11.3. The predicted molar refractivity (Wildman–Crippen MR) is 121 cm³/mol. The zero-order valence-corrected chi connectivity index (χ0v) is 20.2. The van der Waals surface area contributed by atoms with E-state index >= 15 is 4.39 Å². The van der Waals surface area contributed by atoms with Crippen LogP contribution in [0.5, 0.6) is 0 Å². The van der Waals surface area contributed by atoms with E-state index in [4.69, 9.17) is 16.3 Å². The van der Waals surface area contributed by atoms with Crippen molar-refractivity contribution in [3.63, 3.8) is 0 Å². The number of carbonyl (C=O) groups is 3. The second-order valence-electron chi connectivity index (χ2n) is 10.0. The Morgan fingerprint density at radius 2 is 2.09 bits per heavy atom. The van der Waals surface area contributed by atoms with Gasteiger partial charge in [0.1, 0.15) is 6.17 Å². The molecule has 1 N–H and O–H groups in total. The first kappa shape index (κ1) is 24.0. The van der Waals surface area contributed by atoms with Crippen molar-refractivity contribution in [2.24, 2.45) is 28.6 Å². The summed E-state index contributed by atoms with van der Waals surface area (Å²) in [5, 5.41) is 11.2. The Bertz CT molecular complexity index is 905. The van der Waals surface area contributed by atoms with Crippen molar-refractivity contribution < 1.29 is 28.6 Å². The normalized spacial score (nSPS) is 44.9. The second kappa shape index (κ2) is 8.24. The number of aliphatic hydroxyl groups excluding tert-OH is 1. The largest absolute Gasteiger partial charge is 0.449 e. The number of hydrogen-bond donors (Lipinski definition) is 1. The van der Waals surface area contributed by atoms with Gasteiger partial charge in [-0.05, 0) is 55.2 Å². The van der Waals surface area contributed by atoms with Crippen molar-refractivity contribution in [1.82, 2.24) is 0 Å². The molecule has 0 aromatic rings. The maximum atomic E-state index is 15.4. The Labute approximate surface area is 197 Å². The predicted octanol–water partition coefficient (Wildman–Crippen LogP) is 4.36. The molecule has 0 aromatic carbocycles. The van der Waals surface area contributed by atoms with E-state index in [1.165, 1.54) is 12.2 Å². The molecule has 0 saturated heterocycles. The molecule has 8 atom stereocenters. The van der Waals surface area contributed by atoms with Crippen molar-refractivity contribution in [2.45, 2.75) is 70.8 Å². The highest BCUT2D eigenvalue weighted by Crippen LogP contribution is 2.68. The highest BCUT2D eigenvalue weighted by atomic mass is 35.5. The number of fused-ring (bicyclic) bond motifs is 5. The van der Waals surface area contributed by atoms with E-state index in [1.807, 2.05) is 13.8 Å². The third-order valence-electron chi connectivity index (χ3n) is 8.69. The Balaban J connectivity index is 1.78. The number of esters is 1. The van der Waals surface area contributed by atoms with E-state index < -0.39 is 34.7 Å². The number of alkyl halides is 2. The van der Waals surface area contributed by atoms with Crippen molar-refractivity contribution >= 4 is 40.2 Å². The first-order valence-corrected chi connectivity index (χ1v) is 12.8.